The zero-order valence-electron chi connectivity index (χ0n) is 13.7. The van der Waals surface area contributed by atoms with Gasteiger partial charge in [0, 0.05) is 12.1 Å². The van der Waals surface area contributed by atoms with Crippen LogP contribution < -0.4 is 5.32 Å². The SMILES string of the molecule is O=C(CN1CCCC[C@@H]1Cn1cncn1)NC(C1CC1)C1CC1. The van der Waals surface area contributed by atoms with Crippen LogP contribution in [0.15, 0.2) is 12.7 Å². The van der Waals surface area contributed by atoms with Gasteiger partial charge in [0.15, 0.2) is 0 Å². The molecule has 1 aliphatic heterocycles. The van der Waals surface area contributed by atoms with Gasteiger partial charge in [-0.2, -0.15) is 5.10 Å². The van der Waals surface area contributed by atoms with Crippen molar-refractivity contribution in [2.24, 2.45) is 11.8 Å². The summed E-state index contributed by atoms with van der Waals surface area (Å²) in [6.45, 7) is 2.39. The first-order valence-electron chi connectivity index (χ1n) is 9.15. The maximum Gasteiger partial charge on any atom is 0.234 e. The van der Waals surface area contributed by atoms with Crippen LogP contribution in [0.4, 0.5) is 0 Å². The highest BCUT2D eigenvalue weighted by molar-refractivity contribution is 5.78. The molecular formula is C17H27N5O. The lowest BCUT2D eigenvalue weighted by atomic mass is 10.0. The average molecular weight is 317 g/mol. The van der Waals surface area contributed by atoms with Crippen molar-refractivity contribution >= 4 is 5.91 Å². The van der Waals surface area contributed by atoms with E-state index in [-0.39, 0.29) is 5.91 Å². The number of aromatic nitrogens is 3. The van der Waals surface area contributed by atoms with Crippen LogP contribution in [0, 0.1) is 11.8 Å². The fraction of sp³-hybridized carbons (Fsp3) is 0.824. The molecule has 0 bridgehead atoms. The Hall–Kier alpha value is -1.43. The van der Waals surface area contributed by atoms with Crippen molar-refractivity contribution in [1.82, 2.24) is 25.0 Å². The third kappa shape index (κ3) is 3.91. The second kappa shape index (κ2) is 6.59. The van der Waals surface area contributed by atoms with E-state index in [4.69, 9.17) is 0 Å². The van der Waals surface area contributed by atoms with Gasteiger partial charge in [0.1, 0.15) is 12.7 Å². The molecule has 0 spiro atoms. The number of likely N-dealkylation sites (tertiary alicyclic amines) is 1. The second-order valence-electron chi connectivity index (χ2n) is 7.51. The largest absolute Gasteiger partial charge is 0.352 e. The standard InChI is InChI=1S/C17H27N5O/c23-16(20-17(13-4-5-13)14-6-7-14)10-21-8-2-1-3-15(21)9-22-12-18-11-19-22/h11-15,17H,1-10H2,(H,20,23)/t15-/m1/s1. The Morgan fingerprint density at radius 2 is 1.96 bits per heavy atom. The second-order valence-corrected chi connectivity index (χ2v) is 7.51. The van der Waals surface area contributed by atoms with Gasteiger partial charge < -0.3 is 5.32 Å². The minimum atomic E-state index is 0.222. The van der Waals surface area contributed by atoms with Crippen molar-refractivity contribution in [3.63, 3.8) is 0 Å². The summed E-state index contributed by atoms with van der Waals surface area (Å²) in [7, 11) is 0. The molecule has 1 aromatic heterocycles. The molecule has 1 saturated heterocycles. The van der Waals surface area contributed by atoms with Crippen LogP contribution in [0.3, 0.4) is 0 Å². The first-order valence-corrected chi connectivity index (χ1v) is 9.15. The Balaban J connectivity index is 1.32. The topological polar surface area (TPSA) is 63.1 Å². The monoisotopic (exact) mass is 317 g/mol. The van der Waals surface area contributed by atoms with Gasteiger partial charge in [0.05, 0.1) is 13.1 Å². The van der Waals surface area contributed by atoms with Gasteiger partial charge in [0.2, 0.25) is 5.91 Å². The number of amides is 1. The highest BCUT2D eigenvalue weighted by atomic mass is 16.2. The Bertz CT molecular complexity index is 511. The van der Waals surface area contributed by atoms with E-state index < -0.39 is 0 Å². The predicted molar refractivity (Wildman–Crippen MR) is 86.6 cm³/mol. The number of piperidine rings is 1. The van der Waals surface area contributed by atoms with Crippen LogP contribution in [0.25, 0.3) is 0 Å². The molecule has 6 nitrogen and oxygen atoms in total. The van der Waals surface area contributed by atoms with Crippen LogP contribution in [-0.4, -0.2) is 50.7 Å². The summed E-state index contributed by atoms with van der Waals surface area (Å²) in [5.41, 5.74) is 0. The molecule has 2 saturated carbocycles. The molecule has 0 unspecified atom stereocenters. The molecule has 1 aromatic rings. The van der Waals surface area contributed by atoms with E-state index in [0.717, 1.165) is 31.3 Å². The Morgan fingerprint density at radius 1 is 1.17 bits per heavy atom. The Kier molecular flexibility index (Phi) is 4.33. The molecule has 3 fully saturated rings. The molecule has 126 valence electrons. The maximum absolute atomic E-state index is 12.5. The minimum absolute atomic E-state index is 0.222. The third-order valence-electron chi connectivity index (χ3n) is 5.55. The normalized spacial score (nSPS) is 25.7. The Morgan fingerprint density at radius 3 is 2.61 bits per heavy atom. The molecule has 6 heteroatoms. The summed E-state index contributed by atoms with van der Waals surface area (Å²) in [4.78, 5) is 18.9. The summed E-state index contributed by atoms with van der Waals surface area (Å²) in [6, 6.07) is 0.859. The van der Waals surface area contributed by atoms with Gasteiger partial charge in [0.25, 0.3) is 0 Å². The van der Waals surface area contributed by atoms with Crippen molar-refractivity contribution in [3.8, 4) is 0 Å². The van der Waals surface area contributed by atoms with Crippen molar-refractivity contribution < 1.29 is 4.79 Å². The van der Waals surface area contributed by atoms with Gasteiger partial charge in [-0.1, -0.05) is 6.42 Å². The van der Waals surface area contributed by atoms with Gasteiger partial charge in [-0.05, 0) is 56.9 Å². The number of carbonyl (C=O) groups excluding carboxylic acids is 1. The lowest BCUT2D eigenvalue weighted by molar-refractivity contribution is -0.124. The lowest BCUT2D eigenvalue weighted by Gasteiger charge is -2.35. The number of rotatable bonds is 7. The molecule has 0 aromatic carbocycles. The molecule has 23 heavy (non-hydrogen) atoms. The van der Waals surface area contributed by atoms with E-state index in [2.05, 4.69) is 20.3 Å². The van der Waals surface area contributed by atoms with E-state index in [0.29, 0.717) is 18.6 Å². The Labute approximate surface area is 137 Å². The highest BCUT2D eigenvalue weighted by Gasteiger charge is 2.42. The van der Waals surface area contributed by atoms with Crippen LogP contribution in [0.1, 0.15) is 44.9 Å². The zero-order valence-corrected chi connectivity index (χ0v) is 13.7. The minimum Gasteiger partial charge on any atom is -0.352 e. The lowest BCUT2D eigenvalue weighted by Crippen LogP contribution is -2.49. The van der Waals surface area contributed by atoms with E-state index >= 15 is 0 Å². The number of carbonyl (C=O) groups is 1. The van der Waals surface area contributed by atoms with E-state index in [1.165, 1.54) is 38.5 Å². The molecule has 4 rings (SSSR count). The molecule has 2 heterocycles. The summed E-state index contributed by atoms with van der Waals surface area (Å²) >= 11 is 0. The summed E-state index contributed by atoms with van der Waals surface area (Å²) in [6.07, 6.45) is 12.1. The smallest absolute Gasteiger partial charge is 0.234 e. The van der Waals surface area contributed by atoms with Crippen LogP contribution in [0.5, 0.6) is 0 Å². The molecule has 1 amide bonds. The number of nitrogens with zero attached hydrogens (tertiary/aromatic N) is 4. The molecule has 0 radical (unpaired) electrons. The van der Waals surface area contributed by atoms with Crippen molar-refractivity contribution in [2.75, 3.05) is 13.1 Å². The maximum atomic E-state index is 12.5. The number of hydrogen-bond donors (Lipinski definition) is 1. The molecular weight excluding hydrogens is 290 g/mol. The van der Waals surface area contributed by atoms with Crippen LogP contribution in [-0.2, 0) is 11.3 Å². The fourth-order valence-corrected chi connectivity index (χ4v) is 3.97. The highest BCUT2D eigenvalue weighted by Crippen LogP contribution is 2.44. The van der Waals surface area contributed by atoms with Gasteiger partial charge >= 0.3 is 0 Å². The molecule has 1 N–H and O–H groups in total. The van der Waals surface area contributed by atoms with Crippen molar-refractivity contribution in [3.05, 3.63) is 12.7 Å². The fourth-order valence-electron chi connectivity index (χ4n) is 3.97. The predicted octanol–water partition coefficient (Wildman–Crippen LogP) is 1.44. The van der Waals surface area contributed by atoms with Gasteiger partial charge in [-0.25, -0.2) is 4.98 Å². The first kappa shape index (κ1) is 15.1. The van der Waals surface area contributed by atoms with E-state index in [1.807, 2.05) is 4.68 Å². The molecule has 3 aliphatic rings. The molecule has 2 aliphatic carbocycles. The van der Waals surface area contributed by atoms with Crippen LogP contribution in [0.2, 0.25) is 0 Å². The summed E-state index contributed by atoms with van der Waals surface area (Å²) in [5.74, 6) is 1.75. The van der Waals surface area contributed by atoms with Gasteiger partial charge in [-0.3, -0.25) is 14.4 Å². The van der Waals surface area contributed by atoms with Gasteiger partial charge in [-0.15, -0.1) is 0 Å². The van der Waals surface area contributed by atoms with Crippen molar-refractivity contribution in [1.29, 1.82) is 0 Å². The van der Waals surface area contributed by atoms with E-state index in [1.54, 1.807) is 12.7 Å². The quantitative estimate of drug-likeness (QED) is 0.826. The summed E-state index contributed by atoms with van der Waals surface area (Å²) < 4.78 is 1.89. The number of nitrogens with one attached hydrogen (secondary N) is 1. The first-order chi connectivity index (χ1) is 11.3. The number of hydrogen-bond acceptors (Lipinski definition) is 4. The molecule has 1 atom stereocenters. The van der Waals surface area contributed by atoms with Crippen molar-refractivity contribution in [2.45, 2.75) is 63.6 Å². The third-order valence-corrected chi connectivity index (χ3v) is 5.55. The summed E-state index contributed by atoms with van der Waals surface area (Å²) in [5, 5.41) is 7.57. The van der Waals surface area contributed by atoms with Crippen LogP contribution >= 0.6 is 0 Å². The average Bonchev–Trinajstić information content (AvgIpc) is 3.47. The zero-order chi connectivity index (χ0) is 15.6. The van der Waals surface area contributed by atoms with E-state index in [9.17, 15) is 4.79 Å².